The number of para-hydroxylation sites is 1. The van der Waals surface area contributed by atoms with Gasteiger partial charge >= 0.3 is 193 Å². The number of ether oxygens (including phenoxy) is 2. The molecule has 0 aliphatic heterocycles. The van der Waals surface area contributed by atoms with E-state index in [0.29, 0.717) is 46.6 Å². The molecule has 0 saturated carbocycles. The summed E-state index contributed by atoms with van der Waals surface area (Å²) in [6.07, 6.45) is 0. The van der Waals surface area contributed by atoms with E-state index >= 15 is 0 Å². The molecule has 0 radical (unpaired) electrons. The third-order valence-corrected chi connectivity index (χ3v) is 20.1. The van der Waals surface area contributed by atoms with Crippen LogP contribution in [0.5, 0.6) is 17.2 Å². The Morgan fingerprint density at radius 2 is 1.14 bits per heavy atom. The van der Waals surface area contributed by atoms with Crippen molar-refractivity contribution in [3.05, 3.63) is 86.3 Å². The van der Waals surface area contributed by atoms with Gasteiger partial charge in [0.2, 0.25) is 0 Å². The molecule has 0 saturated heterocycles. The van der Waals surface area contributed by atoms with Crippen LogP contribution in [0.25, 0.3) is 0 Å². The first-order chi connectivity index (χ1) is 16.9. The van der Waals surface area contributed by atoms with E-state index in [9.17, 15) is 8.78 Å². The Morgan fingerprint density at radius 3 is 1.42 bits per heavy atom. The van der Waals surface area contributed by atoms with E-state index in [2.05, 4.69) is 59.6 Å². The average molecular weight is 689 g/mol. The maximum atomic E-state index is 13.6. The van der Waals surface area contributed by atoms with E-state index in [4.69, 9.17) is 14.6 Å². The summed E-state index contributed by atoms with van der Waals surface area (Å²) in [7, 11) is 0. The number of aryl methyl sites for hydroxylation is 2. The first kappa shape index (κ1) is 30.6. The summed E-state index contributed by atoms with van der Waals surface area (Å²) in [4.78, 5) is 0. The first-order valence-electron chi connectivity index (χ1n) is 11.8. The van der Waals surface area contributed by atoms with Crippen LogP contribution in [0.1, 0.15) is 38.8 Å². The van der Waals surface area contributed by atoms with Gasteiger partial charge in [0.05, 0.1) is 0 Å². The predicted molar refractivity (Wildman–Crippen MR) is 153 cm³/mol. The molecule has 3 aromatic rings. The minimum absolute atomic E-state index is 0.290. The van der Waals surface area contributed by atoms with E-state index in [0.717, 1.165) is 11.1 Å². The number of phenols is 1. The molecule has 36 heavy (non-hydrogen) atoms. The monoisotopic (exact) mass is 688 g/mol. The second-order valence-electron chi connectivity index (χ2n) is 9.52. The Labute approximate surface area is 232 Å². The van der Waals surface area contributed by atoms with Crippen molar-refractivity contribution in [1.82, 2.24) is 0 Å². The van der Waals surface area contributed by atoms with Gasteiger partial charge in [0, 0.05) is 0 Å². The van der Waals surface area contributed by atoms with Gasteiger partial charge in [-0.25, -0.2) is 0 Å². The number of hydrogen-bond donors (Lipinski definition) is 1. The number of hydrogen-bond acceptors (Lipinski definition) is 3. The SMILES string of the molecule is Cc1cc(F)cc(Br)c1O[CH2][Ge]([CH2]Oc1c(C)cc(F)cc1Br)([CH](C)C)[CH](C)C.Oc1ccccc1. The van der Waals surface area contributed by atoms with Crippen molar-refractivity contribution in [2.24, 2.45) is 0 Å². The second-order valence-corrected chi connectivity index (χ2v) is 22.5. The van der Waals surface area contributed by atoms with E-state index in [-0.39, 0.29) is 11.6 Å². The van der Waals surface area contributed by atoms with Gasteiger partial charge in [-0.15, -0.1) is 0 Å². The molecule has 3 aromatic carbocycles. The zero-order valence-electron chi connectivity index (χ0n) is 21.5. The van der Waals surface area contributed by atoms with Gasteiger partial charge in [-0.1, -0.05) is 18.2 Å². The van der Waals surface area contributed by atoms with Crippen LogP contribution in [0.15, 0.2) is 63.5 Å². The molecule has 196 valence electrons. The summed E-state index contributed by atoms with van der Waals surface area (Å²) in [6, 6.07) is 14.5. The van der Waals surface area contributed by atoms with Crippen molar-refractivity contribution in [2.75, 3.05) is 10.9 Å². The molecule has 1 N–H and O–H groups in total. The van der Waals surface area contributed by atoms with Crippen molar-refractivity contribution in [2.45, 2.75) is 51.0 Å². The first-order valence-corrected chi connectivity index (χ1v) is 18.8. The van der Waals surface area contributed by atoms with E-state index in [1.165, 1.54) is 24.3 Å². The molecule has 0 unspecified atom stereocenters. The summed E-state index contributed by atoms with van der Waals surface area (Å²) in [5.74, 6) is 1.11. The fraction of sp³-hybridized carbons (Fsp3) is 0.357. The van der Waals surface area contributed by atoms with Gasteiger partial charge in [0.1, 0.15) is 5.75 Å². The molecule has 8 heteroatoms. The molecule has 0 aliphatic rings. The van der Waals surface area contributed by atoms with Crippen LogP contribution in [0, 0.1) is 25.5 Å². The van der Waals surface area contributed by atoms with Crippen LogP contribution < -0.4 is 9.47 Å². The zero-order chi connectivity index (χ0) is 27.0. The van der Waals surface area contributed by atoms with E-state index in [1.54, 1.807) is 24.3 Å². The van der Waals surface area contributed by atoms with Gasteiger partial charge < -0.3 is 5.11 Å². The number of phenolic OH excluding ortho intramolecular Hbond substituents is 1. The topological polar surface area (TPSA) is 38.7 Å². The van der Waals surface area contributed by atoms with Crippen LogP contribution >= 0.6 is 31.9 Å². The normalized spacial score (nSPS) is 11.3. The Hall–Kier alpha value is -1.58. The van der Waals surface area contributed by atoms with E-state index in [1.807, 2.05) is 19.9 Å². The summed E-state index contributed by atoms with van der Waals surface area (Å²) < 4.78 is 42.0. The summed E-state index contributed by atoms with van der Waals surface area (Å²) in [5, 5.41) is 8.63. The smallest absolute Gasteiger partial charge is 0.115 e. The van der Waals surface area contributed by atoms with Gasteiger partial charge in [0.15, 0.2) is 0 Å². The predicted octanol–water partition coefficient (Wildman–Crippen LogP) is 9.30. The molecule has 0 spiro atoms. The quantitative estimate of drug-likeness (QED) is 0.240. The van der Waals surface area contributed by atoms with Crippen LogP contribution in [-0.4, -0.2) is 29.3 Å². The van der Waals surface area contributed by atoms with Gasteiger partial charge in [-0.3, -0.25) is 0 Å². The maximum absolute atomic E-state index is 13.6. The van der Waals surface area contributed by atoms with Crippen LogP contribution in [0.3, 0.4) is 0 Å². The molecular formula is C28H34Br2F2GeO3. The fourth-order valence-electron chi connectivity index (χ4n) is 3.96. The summed E-state index contributed by atoms with van der Waals surface area (Å²) >= 11 is 4.11. The Morgan fingerprint density at radius 1 is 0.750 bits per heavy atom. The Kier molecular flexibility index (Phi) is 11.8. The molecule has 0 heterocycles. The maximum Gasteiger partial charge on any atom is 0.115 e. The molecule has 3 rings (SSSR count). The van der Waals surface area contributed by atoms with Crippen molar-refractivity contribution >= 4 is 45.1 Å². The van der Waals surface area contributed by atoms with Crippen LogP contribution in [-0.2, 0) is 0 Å². The third-order valence-electron chi connectivity index (χ3n) is 6.41. The number of rotatable bonds is 8. The zero-order valence-corrected chi connectivity index (χ0v) is 26.8. The van der Waals surface area contributed by atoms with Crippen molar-refractivity contribution < 1.29 is 23.4 Å². The van der Waals surface area contributed by atoms with Crippen LogP contribution in [0.4, 0.5) is 8.78 Å². The molecule has 0 amide bonds. The van der Waals surface area contributed by atoms with Crippen molar-refractivity contribution in [3.63, 3.8) is 0 Å². The molecule has 0 aromatic heterocycles. The number of halogens is 4. The second kappa shape index (κ2) is 13.8. The van der Waals surface area contributed by atoms with Crippen molar-refractivity contribution in [3.8, 4) is 17.2 Å². The van der Waals surface area contributed by atoms with Crippen LogP contribution in [0.2, 0.25) is 9.50 Å². The Bertz CT molecular complexity index is 1020. The van der Waals surface area contributed by atoms with E-state index < -0.39 is 13.3 Å². The molecular weight excluding hydrogens is 655 g/mol. The van der Waals surface area contributed by atoms with Gasteiger partial charge in [-0.2, -0.15) is 0 Å². The van der Waals surface area contributed by atoms with Crippen molar-refractivity contribution in [1.29, 1.82) is 0 Å². The average Bonchev–Trinajstić information content (AvgIpc) is 2.76. The minimum Gasteiger partial charge on any atom is -0.508 e. The summed E-state index contributed by atoms with van der Waals surface area (Å²) in [5.41, 5.74) is 2.72. The molecule has 0 bridgehead atoms. The third kappa shape index (κ3) is 8.22. The molecule has 0 fully saturated rings. The summed E-state index contributed by atoms with van der Waals surface area (Å²) in [6.45, 7) is 12.6. The minimum atomic E-state index is -2.74. The number of aromatic hydroxyl groups is 1. The standard InChI is InChI=1S/C22H28Br2F2GeO2.C6H6O/c1-13(2)27(14(3)4,11-28-21-15(5)7-17(25)9-19(21)23)12-29-22-16(6)8-18(26)10-20(22)24;7-6-4-2-1-3-5-6/h7-10,13-14H,11-12H2,1-6H3;1-5,7H. The fourth-order valence-corrected chi connectivity index (χ4v) is 12.8. The molecule has 0 atom stereocenters. The molecule has 3 nitrogen and oxygen atoms in total. The largest absolute Gasteiger partial charge is 0.508 e. The van der Waals surface area contributed by atoms with Gasteiger partial charge in [-0.05, 0) is 12.1 Å². The van der Waals surface area contributed by atoms with Gasteiger partial charge in [0.25, 0.3) is 0 Å². The molecule has 0 aliphatic carbocycles. The Balaban J connectivity index is 0.000000558. The number of benzene rings is 3.